The van der Waals surface area contributed by atoms with Gasteiger partial charge in [0.15, 0.2) is 5.72 Å². The first kappa shape index (κ1) is 13.6. The summed E-state index contributed by atoms with van der Waals surface area (Å²) in [5, 5.41) is 0. The van der Waals surface area contributed by atoms with Crippen LogP contribution in [0, 0.1) is 5.82 Å². The predicted molar refractivity (Wildman–Crippen MR) is 73.3 cm³/mol. The first-order valence-corrected chi connectivity index (χ1v) is 7.48. The average molecular weight is 305 g/mol. The number of ether oxygens (including phenoxy) is 1. The van der Waals surface area contributed by atoms with Gasteiger partial charge in [0.2, 0.25) is 5.91 Å². The number of likely N-dealkylation sites (tertiary alicyclic amines) is 1. The Bertz CT molecular complexity index is 653. The minimum absolute atomic E-state index is 0.0274. The number of rotatable bonds is 1. The topological polar surface area (TPSA) is 62.7 Å². The maximum Gasteiger partial charge on any atom is 0.255 e. The smallest absolute Gasteiger partial charge is 0.255 e. The van der Waals surface area contributed by atoms with E-state index in [2.05, 4.69) is 4.98 Å². The molecule has 0 bridgehead atoms. The molecule has 0 aromatic carbocycles. The molecular formula is C15H16FN3O3. The van der Waals surface area contributed by atoms with Crippen LogP contribution in [-0.2, 0) is 9.53 Å². The Labute approximate surface area is 126 Å². The number of nitrogens with zero attached hydrogens (tertiary/aromatic N) is 3. The minimum Gasteiger partial charge on any atom is -0.353 e. The summed E-state index contributed by atoms with van der Waals surface area (Å²) in [6, 6.07) is 0.882. The third kappa shape index (κ3) is 1.78. The van der Waals surface area contributed by atoms with Crippen LogP contribution in [0.1, 0.15) is 29.6 Å². The van der Waals surface area contributed by atoms with E-state index >= 15 is 0 Å². The average Bonchev–Trinajstić information content (AvgIpc) is 2.99. The number of aromatic nitrogens is 1. The predicted octanol–water partition coefficient (Wildman–Crippen LogP) is 0.784. The van der Waals surface area contributed by atoms with E-state index in [4.69, 9.17) is 4.74 Å². The van der Waals surface area contributed by atoms with Gasteiger partial charge in [-0.15, -0.1) is 0 Å². The van der Waals surface area contributed by atoms with Gasteiger partial charge in [-0.25, -0.2) is 4.39 Å². The second-order valence-corrected chi connectivity index (χ2v) is 5.95. The molecular weight excluding hydrogens is 289 g/mol. The van der Waals surface area contributed by atoms with E-state index in [9.17, 15) is 14.0 Å². The van der Waals surface area contributed by atoms with Crippen molar-refractivity contribution < 1.29 is 18.7 Å². The first-order valence-electron chi connectivity index (χ1n) is 7.48. The molecule has 2 amide bonds. The molecule has 1 aromatic heterocycles. The lowest BCUT2D eigenvalue weighted by Crippen LogP contribution is -2.56. The van der Waals surface area contributed by atoms with Crippen LogP contribution in [0.4, 0.5) is 4.39 Å². The lowest BCUT2D eigenvalue weighted by Gasteiger charge is -2.42. The Hall–Kier alpha value is -2.02. The van der Waals surface area contributed by atoms with Crippen molar-refractivity contribution in [2.24, 2.45) is 0 Å². The lowest BCUT2D eigenvalue weighted by molar-refractivity contribution is -0.179. The summed E-state index contributed by atoms with van der Waals surface area (Å²) in [6.45, 7) is 1.78. The summed E-state index contributed by atoms with van der Waals surface area (Å²) in [5.41, 5.74) is -0.468. The Kier molecular flexibility index (Phi) is 2.94. The van der Waals surface area contributed by atoms with E-state index in [0.29, 0.717) is 26.1 Å². The zero-order valence-corrected chi connectivity index (χ0v) is 12.0. The van der Waals surface area contributed by atoms with Crippen LogP contribution in [0.15, 0.2) is 18.5 Å². The summed E-state index contributed by atoms with van der Waals surface area (Å²) in [4.78, 5) is 32.0. The van der Waals surface area contributed by atoms with Crippen molar-refractivity contribution in [1.29, 1.82) is 0 Å². The molecule has 3 aliphatic heterocycles. The summed E-state index contributed by atoms with van der Waals surface area (Å²) >= 11 is 0. The summed E-state index contributed by atoms with van der Waals surface area (Å²) < 4.78 is 19.2. The molecule has 22 heavy (non-hydrogen) atoms. The molecule has 0 radical (unpaired) electrons. The molecule has 0 unspecified atom stereocenters. The van der Waals surface area contributed by atoms with Crippen LogP contribution < -0.4 is 0 Å². The van der Waals surface area contributed by atoms with Crippen LogP contribution >= 0.6 is 0 Å². The fourth-order valence-corrected chi connectivity index (χ4v) is 3.89. The van der Waals surface area contributed by atoms with Crippen LogP contribution in [0.25, 0.3) is 0 Å². The highest BCUT2D eigenvalue weighted by Crippen LogP contribution is 2.45. The number of hydrogen-bond donors (Lipinski definition) is 0. The van der Waals surface area contributed by atoms with Gasteiger partial charge in [0.1, 0.15) is 5.82 Å². The van der Waals surface area contributed by atoms with E-state index in [1.807, 2.05) is 0 Å². The van der Waals surface area contributed by atoms with E-state index in [0.717, 1.165) is 12.6 Å². The fraction of sp³-hybridized carbons (Fsp3) is 0.533. The molecule has 116 valence electrons. The Morgan fingerprint density at radius 3 is 3.09 bits per heavy atom. The number of halogens is 1. The molecule has 7 heteroatoms. The lowest BCUT2D eigenvalue weighted by atomic mass is 10.0. The van der Waals surface area contributed by atoms with Gasteiger partial charge in [-0.2, -0.15) is 0 Å². The maximum absolute atomic E-state index is 13.3. The van der Waals surface area contributed by atoms with Crippen LogP contribution in [0.3, 0.4) is 0 Å². The molecule has 4 heterocycles. The maximum atomic E-state index is 13.3. The number of hydrogen-bond acceptors (Lipinski definition) is 4. The number of carbonyl (C=O) groups excluding carboxylic acids is 2. The van der Waals surface area contributed by atoms with Gasteiger partial charge in [-0.3, -0.25) is 14.6 Å². The normalized spacial score (nSPS) is 30.4. The van der Waals surface area contributed by atoms with E-state index < -0.39 is 11.5 Å². The Morgan fingerprint density at radius 2 is 2.27 bits per heavy atom. The van der Waals surface area contributed by atoms with Gasteiger partial charge in [0, 0.05) is 25.7 Å². The molecule has 6 nitrogen and oxygen atoms in total. The molecule has 1 spiro atoms. The summed E-state index contributed by atoms with van der Waals surface area (Å²) in [6.07, 6.45) is 4.12. The molecule has 3 aliphatic rings. The first-order chi connectivity index (χ1) is 10.6. The largest absolute Gasteiger partial charge is 0.353 e. The van der Waals surface area contributed by atoms with Crippen molar-refractivity contribution >= 4 is 11.8 Å². The van der Waals surface area contributed by atoms with Crippen LogP contribution in [0.2, 0.25) is 0 Å². The van der Waals surface area contributed by atoms with Crippen molar-refractivity contribution in [1.82, 2.24) is 14.8 Å². The molecule has 4 rings (SSSR count). The fourth-order valence-electron chi connectivity index (χ4n) is 3.89. The quantitative estimate of drug-likeness (QED) is 0.769. The third-order valence-electron chi connectivity index (χ3n) is 4.82. The Balaban J connectivity index is 1.65. The van der Waals surface area contributed by atoms with Crippen molar-refractivity contribution in [3.63, 3.8) is 0 Å². The molecule has 0 aliphatic carbocycles. The highest BCUT2D eigenvalue weighted by Gasteiger charge is 2.61. The van der Waals surface area contributed by atoms with Gasteiger partial charge in [0.25, 0.3) is 5.91 Å². The highest BCUT2D eigenvalue weighted by atomic mass is 19.1. The zero-order valence-electron chi connectivity index (χ0n) is 12.0. The molecule has 2 atom stereocenters. The van der Waals surface area contributed by atoms with Crippen molar-refractivity contribution in [2.75, 3.05) is 19.7 Å². The van der Waals surface area contributed by atoms with Gasteiger partial charge in [-0.05, 0) is 12.5 Å². The number of carbonyl (C=O) groups is 2. The van der Waals surface area contributed by atoms with Crippen LogP contribution in [0.5, 0.6) is 0 Å². The summed E-state index contributed by atoms with van der Waals surface area (Å²) in [5.74, 6) is -0.810. The SMILES string of the molecule is O=C(c1cncc(F)c1)N1CC[C@@]23OCCCN2C(=O)C[C@@H]13. The van der Waals surface area contributed by atoms with Crippen molar-refractivity contribution in [3.05, 3.63) is 29.8 Å². The van der Waals surface area contributed by atoms with Crippen LogP contribution in [-0.4, -0.2) is 58.1 Å². The van der Waals surface area contributed by atoms with Crippen molar-refractivity contribution in [2.45, 2.75) is 31.0 Å². The van der Waals surface area contributed by atoms with E-state index in [1.165, 1.54) is 12.3 Å². The van der Waals surface area contributed by atoms with E-state index in [-0.39, 0.29) is 29.8 Å². The molecule has 3 fully saturated rings. The van der Waals surface area contributed by atoms with Gasteiger partial charge in [0.05, 0.1) is 30.8 Å². The van der Waals surface area contributed by atoms with E-state index in [1.54, 1.807) is 9.80 Å². The van der Waals surface area contributed by atoms with Gasteiger partial charge < -0.3 is 14.5 Å². The second kappa shape index (κ2) is 4.74. The third-order valence-corrected chi connectivity index (χ3v) is 4.82. The second-order valence-electron chi connectivity index (χ2n) is 5.95. The standard InChI is InChI=1S/C15H16FN3O3/c16-11-6-10(8-17-9-11)14(21)18-4-2-15-12(18)7-13(20)19(15)3-1-5-22-15/h6,8-9,12H,1-5,7H2/t12-,15+/m1/s1. The monoisotopic (exact) mass is 305 g/mol. The Morgan fingerprint density at radius 1 is 1.41 bits per heavy atom. The molecule has 0 N–H and O–H groups in total. The highest BCUT2D eigenvalue weighted by molar-refractivity contribution is 5.95. The van der Waals surface area contributed by atoms with Crippen molar-refractivity contribution in [3.8, 4) is 0 Å². The van der Waals surface area contributed by atoms with Gasteiger partial charge in [-0.1, -0.05) is 0 Å². The van der Waals surface area contributed by atoms with Gasteiger partial charge >= 0.3 is 0 Å². The zero-order chi connectivity index (χ0) is 15.3. The summed E-state index contributed by atoms with van der Waals surface area (Å²) in [7, 11) is 0. The minimum atomic E-state index is -0.675. The molecule has 0 saturated carbocycles. The number of pyridine rings is 1. The number of amides is 2. The molecule has 3 saturated heterocycles. The molecule has 1 aromatic rings.